The summed E-state index contributed by atoms with van der Waals surface area (Å²) in [6.07, 6.45) is -4.71. The molecular formula is C20H18F3N3O3. The molecule has 2 aromatic rings. The number of hydrogen-bond donors (Lipinski definition) is 2. The normalized spacial score (nSPS) is 19.3. The number of imide groups is 1. The number of carbonyl (C=O) groups is 3. The van der Waals surface area contributed by atoms with Crippen LogP contribution < -0.4 is 10.6 Å². The van der Waals surface area contributed by atoms with E-state index in [4.69, 9.17) is 0 Å². The number of amides is 4. The highest BCUT2D eigenvalue weighted by Crippen LogP contribution is 2.39. The molecule has 4 amide bonds. The molecule has 0 unspecified atom stereocenters. The van der Waals surface area contributed by atoms with E-state index in [2.05, 4.69) is 10.6 Å². The van der Waals surface area contributed by atoms with Gasteiger partial charge in [0.25, 0.3) is 5.91 Å². The van der Waals surface area contributed by atoms with Crippen LogP contribution in [0.25, 0.3) is 0 Å². The highest BCUT2D eigenvalue weighted by molar-refractivity contribution is 6.10. The van der Waals surface area contributed by atoms with Crippen LogP contribution in [0.15, 0.2) is 48.5 Å². The van der Waals surface area contributed by atoms with E-state index in [1.54, 1.807) is 31.2 Å². The summed E-state index contributed by atoms with van der Waals surface area (Å²) in [4.78, 5) is 38.1. The largest absolute Gasteiger partial charge is 0.416 e. The molecule has 0 bridgehead atoms. The van der Waals surface area contributed by atoms with Gasteiger partial charge in [0.2, 0.25) is 5.91 Å². The molecule has 1 aliphatic rings. The number of nitrogens with zero attached hydrogens (tertiary/aromatic N) is 1. The maximum Gasteiger partial charge on any atom is 0.416 e. The molecule has 0 saturated carbocycles. The standard InChI is InChI=1S/C20H18F3N3O3/c1-12-7-3-6-10-15(12)24-16(27)11-26-17(28)19(2,25-18(26)29)13-8-4-5-9-14(13)20(21,22)23/h3-10H,11H2,1-2H3,(H,24,27)(H,25,29)/t19-/m1/s1. The number of rotatable bonds is 4. The molecule has 9 heteroatoms. The van der Waals surface area contributed by atoms with Crippen molar-refractivity contribution in [3.8, 4) is 0 Å². The van der Waals surface area contributed by atoms with Crippen LogP contribution in [-0.2, 0) is 21.3 Å². The molecule has 0 aliphatic carbocycles. The third-order valence-electron chi connectivity index (χ3n) is 4.77. The van der Waals surface area contributed by atoms with Gasteiger partial charge in [0, 0.05) is 5.69 Å². The number of urea groups is 1. The van der Waals surface area contributed by atoms with Crippen LogP contribution >= 0.6 is 0 Å². The van der Waals surface area contributed by atoms with Crippen LogP contribution in [0.5, 0.6) is 0 Å². The minimum Gasteiger partial charge on any atom is -0.324 e. The number of aryl methyl sites for hydroxylation is 1. The van der Waals surface area contributed by atoms with Gasteiger partial charge in [0.15, 0.2) is 0 Å². The Kier molecular flexibility index (Phi) is 5.08. The Bertz CT molecular complexity index is 990. The van der Waals surface area contributed by atoms with Crippen LogP contribution in [0, 0.1) is 6.92 Å². The molecular weight excluding hydrogens is 387 g/mol. The molecule has 1 fully saturated rings. The average Bonchev–Trinajstić information content (AvgIpc) is 2.87. The maximum atomic E-state index is 13.4. The van der Waals surface area contributed by atoms with Crippen LogP contribution in [0.4, 0.5) is 23.7 Å². The SMILES string of the molecule is Cc1ccccc1NC(=O)CN1C(=O)N[C@](C)(c2ccccc2C(F)(F)F)C1=O. The van der Waals surface area contributed by atoms with E-state index in [-0.39, 0.29) is 5.56 Å². The molecule has 1 atom stereocenters. The summed E-state index contributed by atoms with van der Waals surface area (Å²) in [5, 5.41) is 4.89. The molecule has 1 aliphatic heterocycles. The Hall–Kier alpha value is -3.36. The van der Waals surface area contributed by atoms with E-state index in [1.165, 1.54) is 19.1 Å². The highest BCUT2D eigenvalue weighted by atomic mass is 19.4. The zero-order valence-electron chi connectivity index (χ0n) is 15.6. The van der Waals surface area contributed by atoms with Crippen molar-refractivity contribution in [3.63, 3.8) is 0 Å². The van der Waals surface area contributed by atoms with Crippen molar-refractivity contribution in [3.05, 3.63) is 65.2 Å². The van der Waals surface area contributed by atoms with E-state index in [9.17, 15) is 27.6 Å². The maximum absolute atomic E-state index is 13.4. The van der Waals surface area contributed by atoms with E-state index in [0.717, 1.165) is 17.7 Å². The molecule has 0 aromatic heterocycles. The van der Waals surface area contributed by atoms with E-state index >= 15 is 0 Å². The van der Waals surface area contributed by atoms with Gasteiger partial charge < -0.3 is 10.6 Å². The van der Waals surface area contributed by atoms with Gasteiger partial charge >= 0.3 is 12.2 Å². The first kappa shape index (κ1) is 20.4. The lowest BCUT2D eigenvalue weighted by molar-refractivity contribution is -0.140. The van der Waals surface area contributed by atoms with Gasteiger partial charge in [-0.15, -0.1) is 0 Å². The smallest absolute Gasteiger partial charge is 0.324 e. The van der Waals surface area contributed by atoms with E-state index in [1.807, 2.05) is 0 Å². The Morgan fingerprint density at radius 2 is 1.72 bits per heavy atom. The van der Waals surface area contributed by atoms with Gasteiger partial charge in [-0.2, -0.15) is 13.2 Å². The zero-order valence-corrected chi connectivity index (χ0v) is 15.6. The van der Waals surface area contributed by atoms with Gasteiger partial charge in [-0.3, -0.25) is 14.5 Å². The first-order chi connectivity index (χ1) is 13.5. The topological polar surface area (TPSA) is 78.5 Å². The Morgan fingerprint density at radius 3 is 2.38 bits per heavy atom. The van der Waals surface area contributed by atoms with Gasteiger partial charge in [-0.1, -0.05) is 36.4 Å². The number of alkyl halides is 3. The van der Waals surface area contributed by atoms with E-state index in [0.29, 0.717) is 10.6 Å². The first-order valence-corrected chi connectivity index (χ1v) is 8.70. The lowest BCUT2D eigenvalue weighted by Crippen LogP contribution is -2.43. The Labute approximate surface area is 164 Å². The summed E-state index contributed by atoms with van der Waals surface area (Å²) in [6.45, 7) is 2.34. The molecule has 6 nitrogen and oxygen atoms in total. The van der Waals surface area contributed by atoms with Crippen molar-refractivity contribution in [2.45, 2.75) is 25.6 Å². The molecule has 152 valence electrons. The fourth-order valence-corrected chi connectivity index (χ4v) is 3.24. The third kappa shape index (κ3) is 3.80. The van der Waals surface area contributed by atoms with Gasteiger partial charge in [-0.25, -0.2) is 4.79 Å². The van der Waals surface area contributed by atoms with Gasteiger partial charge in [-0.05, 0) is 37.1 Å². The number of anilines is 1. The number of nitrogens with one attached hydrogen (secondary N) is 2. The fourth-order valence-electron chi connectivity index (χ4n) is 3.24. The second kappa shape index (κ2) is 7.23. The Balaban J connectivity index is 1.85. The molecule has 2 N–H and O–H groups in total. The number of halogens is 3. The molecule has 2 aromatic carbocycles. The number of para-hydroxylation sites is 1. The summed E-state index contributed by atoms with van der Waals surface area (Å²) in [5.74, 6) is -1.57. The van der Waals surface area contributed by atoms with Gasteiger partial charge in [0.1, 0.15) is 12.1 Å². The lowest BCUT2D eigenvalue weighted by atomic mass is 9.87. The van der Waals surface area contributed by atoms with Crippen molar-refractivity contribution >= 4 is 23.5 Å². The monoisotopic (exact) mass is 405 g/mol. The summed E-state index contributed by atoms with van der Waals surface area (Å²) in [6, 6.07) is 10.5. The first-order valence-electron chi connectivity index (χ1n) is 8.70. The number of hydrogen-bond acceptors (Lipinski definition) is 3. The average molecular weight is 405 g/mol. The summed E-state index contributed by atoms with van der Waals surface area (Å²) < 4.78 is 40.1. The van der Waals surface area contributed by atoms with Crippen molar-refractivity contribution < 1.29 is 27.6 Å². The van der Waals surface area contributed by atoms with Crippen LogP contribution in [0.3, 0.4) is 0 Å². The van der Waals surface area contributed by atoms with Crippen molar-refractivity contribution in [2.24, 2.45) is 0 Å². The summed E-state index contributed by atoms with van der Waals surface area (Å²) >= 11 is 0. The van der Waals surface area contributed by atoms with Crippen molar-refractivity contribution in [2.75, 3.05) is 11.9 Å². The lowest BCUT2D eigenvalue weighted by Gasteiger charge is -2.25. The fraction of sp³-hybridized carbons (Fsp3) is 0.250. The highest BCUT2D eigenvalue weighted by Gasteiger charge is 2.52. The van der Waals surface area contributed by atoms with Gasteiger partial charge in [0.05, 0.1) is 5.56 Å². The van der Waals surface area contributed by atoms with E-state index < -0.39 is 41.7 Å². The molecule has 29 heavy (non-hydrogen) atoms. The number of benzene rings is 2. The third-order valence-corrected chi connectivity index (χ3v) is 4.77. The minimum absolute atomic E-state index is 0.382. The quantitative estimate of drug-likeness (QED) is 0.766. The zero-order chi connectivity index (χ0) is 21.4. The van der Waals surface area contributed by atoms with Crippen LogP contribution in [-0.4, -0.2) is 29.3 Å². The van der Waals surface area contributed by atoms with Crippen molar-refractivity contribution in [1.29, 1.82) is 0 Å². The number of carbonyl (C=O) groups excluding carboxylic acids is 3. The molecule has 0 spiro atoms. The predicted octanol–water partition coefficient (Wildman–Crippen LogP) is 3.42. The molecule has 0 radical (unpaired) electrons. The van der Waals surface area contributed by atoms with Crippen LogP contribution in [0.1, 0.15) is 23.6 Å². The second-order valence-electron chi connectivity index (χ2n) is 6.85. The predicted molar refractivity (Wildman–Crippen MR) is 98.8 cm³/mol. The molecule has 3 rings (SSSR count). The molecule has 1 heterocycles. The van der Waals surface area contributed by atoms with Crippen molar-refractivity contribution in [1.82, 2.24) is 10.2 Å². The summed E-state index contributed by atoms with van der Waals surface area (Å²) in [7, 11) is 0. The van der Waals surface area contributed by atoms with Crippen LogP contribution in [0.2, 0.25) is 0 Å². The second-order valence-corrected chi connectivity index (χ2v) is 6.85. The minimum atomic E-state index is -4.71. The summed E-state index contributed by atoms with van der Waals surface area (Å²) in [5.41, 5.74) is -2.06. The Morgan fingerprint density at radius 1 is 1.10 bits per heavy atom. The molecule has 1 saturated heterocycles.